The Morgan fingerprint density at radius 3 is 2.89 bits per heavy atom. The van der Waals surface area contributed by atoms with Crippen LogP contribution in [-0.4, -0.2) is 23.5 Å². The summed E-state index contributed by atoms with van der Waals surface area (Å²) in [4.78, 5) is 4.52. The fourth-order valence-corrected chi connectivity index (χ4v) is 2.61. The van der Waals surface area contributed by atoms with E-state index in [0.717, 1.165) is 24.3 Å². The van der Waals surface area contributed by atoms with Gasteiger partial charge in [-0.25, -0.2) is 0 Å². The van der Waals surface area contributed by atoms with Crippen LogP contribution in [0.1, 0.15) is 24.1 Å². The van der Waals surface area contributed by atoms with Crippen molar-refractivity contribution in [2.75, 3.05) is 18.6 Å². The van der Waals surface area contributed by atoms with Crippen LogP contribution < -0.4 is 5.32 Å². The van der Waals surface area contributed by atoms with E-state index in [2.05, 4.69) is 46.9 Å². The first-order valence-electron chi connectivity index (χ1n) is 6.85. The van der Waals surface area contributed by atoms with Gasteiger partial charge < -0.3 is 5.32 Å². The quantitative estimate of drug-likeness (QED) is 0.778. The van der Waals surface area contributed by atoms with Crippen molar-refractivity contribution in [2.45, 2.75) is 26.3 Å². The lowest BCUT2D eigenvalue weighted by Crippen LogP contribution is -2.14. The molecule has 0 amide bonds. The van der Waals surface area contributed by atoms with Gasteiger partial charge in [0, 0.05) is 17.6 Å². The highest BCUT2D eigenvalue weighted by molar-refractivity contribution is 7.98. The zero-order chi connectivity index (χ0) is 13.5. The minimum absolute atomic E-state index is 0.948. The summed E-state index contributed by atoms with van der Waals surface area (Å²) in [5.41, 5.74) is 3.50. The lowest BCUT2D eigenvalue weighted by atomic mass is 10.1. The van der Waals surface area contributed by atoms with Crippen molar-refractivity contribution in [3.8, 4) is 0 Å². The lowest BCUT2D eigenvalue weighted by molar-refractivity contribution is 0.644. The first-order valence-corrected chi connectivity index (χ1v) is 8.25. The van der Waals surface area contributed by atoms with Gasteiger partial charge in [0.1, 0.15) is 0 Å². The van der Waals surface area contributed by atoms with E-state index in [1.54, 1.807) is 0 Å². The molecule has 2 rings (SSSR count). The van der Waals surface area contributed by atoms with Gasteiger partial charge in [-0.15, -0.1) is 0 Å². The molecule has 0 unspecified atom stereocenters. The molecule has 0 bridgehead atoms. The molecule has 0 spiro atoms. The van der Waals surface area contributed by atoms with Gasteiger partial charge in [-0.2, -0.15) is 11.8 Å². The molecule has 0 fully saturated rings. The van der Waals surface area contributed by atoms with Gasteiger partial charge in [0.25, 0.3) is 0 Å². The Hall–Kier alpha value is -1.06. The number of hydrogen-bond acceptors (Lipinski definition) is 3. The number of unbranched alkanes of at least 4 members (excludes halogenated alkanes) is 1. The van der Waals surface area contributed by atoms with E-state index in [0.29, 0.717) is 0 Å². The molecular weight excluding hydrogens is 252 g/mol. The number of benzene rings is 1. The summed E-state index contributed by atoms with van der Waals surface area (Å²) >= 11 is 1.92. The van der Waals surface area contributed by atoms with Crippen molar-refractivity contribution >= 4 is 22.7 Å². The maximum atomic E-state index is 4.52. The summed E-state index contributed by atoms with van der Waals surface area (Å²) in [7, 11) is 0. The Balaban J connectivity index is 1.86. The largest absolute Gasteiger partial charge is 0.313 e. The average Bonchev–Trinajstić information content (AvgIpc) is 2.43. The zero-order valence-corrected chi connectivity index (χ0v) is 12.6. The third-order valence-electron chi connectivity index (χ3n) is 3.17. The Bertz CT molecular complexity index is 525. The smallest absolute Gasteiger partial charge is 0.0705 e. The number of nitrogens with zero attached hydrogens (tertiary/aromatic N) is 1. The molecule has 0 radical (unpaired) electrons. The zero-order valence-electron chi connectivity index (χ0n) is 11.8. The summed E-state index contributed by atoms with van der Waals surface area (Å²) in [5, 5.41) is 4.74. The number of aryl methyl sites for hydroxylation is 1. The Kier molecular flexibility index (Phi) is 5.67. The van der Waals surface area contributed by atoms with Crippen LogP contribution in [0.3, 0.4) is 0 Å². The van der Waals surface area contributed by atoms with Gasteiger partial charge in [0.2, 0.25) is 0 Å². The Morgan fingerprint density at radius 1 is 1.16 bits per heavy atom. The van der Waals surface area contributed by atoms with Crippen molar-refractivity contribution in [1.82, 2.24) is 10.3 Å². The van der Waals surface area contributed by atoms with E-state index < -0.39 is 0 Å². The van der Waals surface area contributed by atoms with Crippen LogP contribution in [0, 0.1) is 6.92 Å². The molecule has 1 heterocycles. The van der Waals surface area contributed by atoms with Crippen molar-refractivity contribution in [2.24, 2.45) is 0 Å². The highest BCUT2D eigenvalue weighted by Gasteiger charge is 1.98. The predicted molar refractivity (Wildman–Crippen MR) is 85.8 cm³/mol. The number of rotatable bonds is 7. The second kappa shape index (κ2) is 7.51. The SMILES string of the molecule is CSCCCCNCc1ccc2nc(C)ccc2c1. The van der Waals surface area contributed by atoms with E-state index in [9.17, 15) is 0 Å². The molecule has 1 aromatic heterocycles. The van der Waals surface area contributed by atoms with Gasteiger partial charge >= 0.3 is 0 Å². The molecule has 102 valence electrons. The van der Waals surface area contributed by atoms with Crippen LogP contribution in [-0.2, 0) is 6.54 Å². The van der Waals surface area contributed by atoms with E-state index in [4.69, 9.17) is 0 Å². The summed E-state index contributed by atoms with van der Waals surface area (Å²) in [6.07, 6.45) is 4.72. The molecule has 19 heavy (non-hydrogen) atoms. The molecule has 0 aliphatic rings. The van der Waals surface area contributed by atoms with Crippen LogP contribution in [0.4, 0.5) is 0 Å². The standard InChI is InChI=1S/C16H22N2S/c1-13-5-7-15-11-14(6-8-16(15)18-13)12-17-9-3-4-10-19-2/h5-8,11,17H,3-4,9-10,12H2,1-2H3. The number of pyridine rings is 1. The van der Waals surface area contributed by atoms with Gasteiger partial charge in [-0.3, -0.25) is 4.98 Å². The van der Waals surface area contributed by atoms with Crippen LogP contribution in [0.2, 0.25) is 0 Å². The second-order valence-electron chi connectivity index (χ2n) is 4.86. The number of thioether (sulfide) groups is 1. The monoisotopic (exact) mass is 274 g/mol. The molecule has 0 aliphatic carbocycles. The van der Waals surface area contributed by atoms with E-state index in [-0.39, 0.29) is 0 Å². The third-order valence-corrected chi connectivity index (χ3v) is 3.87. The fraction of sp³-hybridized carbons (Fsp3) is 0.438. The second-order valence-corrected chi connectivity index (χ2v) is 5.84. The molecule has 0 saturated carbocycles. The first kappa shape index (κ1) is 14.4. The van der Waals surface area contributed by atoms with Gasteiger partial charge in [-0.05, 0) is 62.1 Å². The van der Waals surface area contributed by atoms with Crippen LogP contribution in [0.5, 0.6) is 0 Å². The summed E-state index contributed by atoms with van der Waals surface area (Å²) in [6, 6.07) is 10.7. The van der Waals surface area contributed by atoms with Crippen molar-refractivity contribution in [3.63, 3.8) is 0 Å². The van der Waals surface area contributed by atoms with Crippen molar-refractivity contribution < 1.29 is 0 Å². The molecule has 1 aromatic carbocycles. The third kappa shape index (κ3) is 4.51. The highest BCUT2D eigenvalue weighted by atomic mass is 32.2. The molecule has 3 heteroatoms. The predicted octanol–water partition coefficient (Wildman–Crippen LogP) is 3.78. The first-order chi connectivity index (χ1) is 9.29. The minimum Gasteiger partial charge on any atom is -0.313 e. The molecule has 2 nitrogen and oxygen atoms in total. The minimum atomic E-state index is 0.948. The summed E-state index contributed by atoms with van der Waals surface area (Å²) < 4.78 is 0. The normalized spacial score (nSPS) is 11.1. The van der Waals surface area contributed by atoms with E-state index in [1.165, 1.54) is 29.5 Å². The van der Waals surface area contributed by atoms with Crippen LogP contribution >= 0.6 is 11.8 Å². The molecule has 2 aromatic rings. The molecule has 0 aliphatic heterocycles. The Labute approximate surface area is 120 Å². The molecule has 0 atom stereocenters. The maximum absolute atomic E-state index is 4.52. The van der Waals surface area contributed by atoms with Gasteiger partial charge in [0.05, 0.1) is 5.52 Å². The van der Waals surface area contributed by atoms with Gasteiger partial charge in [-0.1, -0.05) is 12.1 Å². The van der Waals surface area contributed by atoms with Crippen LogP contribution in [0.25, 0.3) is 10.9 Å². The average molecular weight is 274 g/mol. The molecular formula is C16H22N2S. The fourth-order valence-electron chi connectivity index (χ4n) is 2.12. The molecule has 1 N–H and O–H groups in total. The summed E-state index contributed by atoms with van der Waals surface area (Å²) in [5.74, 6) is 1.27. The molecule has 0 saturated heterocycles. The van der Waals surface area contributed by atoms with Crippen molar-refractivity contribution in [3.05, 3.63) is 41.6 Å². The summed E-state index contributed by atoms with van der Waals surface area (Å²) in [6.45, 7) is 4.08. The number of nitrogens with one attached hydrogen (secondary N) is 1. The highest BCUT2D eigenvalue weighted by Crippen LogP contribution is 2.14. The lowest BCUT2D eigenvalue weighted by Gasteiger charge is -2.06. The van der Waals surface area contributed by atoms with Crippen LogP contribution in [0.15, 0.2) is 30.3 Å². The number of fused-ring (bicyclic) bond motifs is 1. The topological polar surface area (TPSA) is 24.9 Å². The number of aromatic nitrogens is 1. The maximum Gasteiger partial charge on any atom is 0.0705 e. The van der Waals surface area contributed by atoms with E-state index in [1.807, 2.05) is 18.7 Å². The Morgan fingerprint density at radius 2 is 2.05 bits per heavy atom. The number of hydrogen-bond donors (Lipinski definition) is 1. The van der Waals surface area contributed by atoms with E-state index >= 15 is 0 Å². The van der Waals surface area contributed by atoms with Crippen molar-refractivity contribution in [1.29, 1.82) is 0 Å². The van der Waals surface area contributed by atoms with Gasteiger partial charge in [0.15, 0.2) is 0 Å².